The van der Waals surface area contributed by atoms with Crippen LogP contribution in [0, 0.1) is 0 Å². The molecule has 0 bridgehead atoms. The molecule has 2 atom stereocenters. The van der Waals surface area contributed by atoms with Crippen LogP contribution in [0.5, 0.6) is 0 Å². The van der Waals surface area contributed by atoms with Crippen molar-refractivity contribution in [3.8, 4) is 11.1 Å². The number of fused-ring (bicyclic) bond motifs is 3. The molecule has 0 aromatic heterocycles. The van der Waals surface area contributed by atoms with Crippen molar-refractivity contribution in [1.82, 2.24) is 0 Å². The lowest BCUT2D eigenvalue weighted by molar-refractivity contribution is 0.250. The maximum atomic E-state index is 9.63. The first-order valence-electron chi connectivity index (χ1n) is 6.12. The van der Waals surface area contributed by atoms with Gasteiger partial charge < -0.3 is 10.6 Å². The molecule has 2 heteroatoms. The lowest BCUT2D eigenvalue weighted by Crippen LogP contribution is -2.18. The van der Waals surface area contributed by atoms with Crippen molar-refractivity contribution in [3.63, 3.8) is 0 Å². The summed E-state index contributed by atoms with van der Waals surface area (Å²) in [4.78, 5) is 0. The van der Waals surface area contributed by atoms with Gasteiger partial charge in [0.2, 0.25) is 0 Å². The number of aliphatic hydroxyl groups excluding tert-OH is 1. The topological polar surface area (TPSA) is 51.7 Å². The van der Waals surface area contributed by atoms with Crippen LogP contribution in [-0.4, -0.2) is 17.2 Å². The van der Waals surface area contributed by atoms with E-state index < -0.39 is 0 Å². The van der Waals surface area contributed by atoms with Crippen molar-refractivity contribution in [2.75, 3.05) is 6.61 Å². The molecule has 1 aliphatic carbocycles. The second-order valence-electron chi connectivity index (χ2n) is 4.75. The van der Waals surface area contributed by atoms with Gasteiger partial charge in [-0.1, -0.05) is 55.5 Å². The van der Waals surface area contributed by atoms with Gasteiger partial charge in [-0.05, 0) is 28.2 Å². The average molecular weight is 242 g/mol. The molecule has 0 spiro atoms. The Morgan fingerprint density at radius 3 is 2.00 bits per heavy atom. The molecule has 3 N–H and O–H groups in total. The molecule has 0 heterocycles. The first kappa shape index (κ1) is 12.8. The number of benzene rings is 2. The highest BCUT2D eigenvalue weighted by Crippen LogP contribution is 2.45. The third-order valence-corrected chi connectivity index (χ3v) is 3.90. The fourth-order valence-corrected chi connectivity index (χ4v) is 2.95. The van der Waals surface area contributed by atoms with E-state index in [2.05, 4.69) is 55.5 Å². The molecule has 0 aliphatic heterocycles. The highest BCUT2D eigenvalue weighted by Gasteiger charge is 2.29. The predicted molar refractivity (Wildman–Crippen MR) is 73.7 cm³/mol. The molecule has 1 aliphatic rings. The molecular formula is C16H18O2. The third kappa shape index (κ3) is 1.74. The van der Waals surface area contributed by atoms with Crippen molar-refractivity contribution < 1.29 is 10.6 Å². The smallest absolute Gasteiger partial charge is 0.0505 e. The summed E-state index contributed by atoms with van der Waals surface area (Å²) in [6.07, 6.45) is 0. The predicted octanol–water partition coefficient (Wildman–Crippen LogP) is 2.72. The lowest BCUT2D eigenvalue weighted by atomic mass is 9.73. The Kier molecular flexibility index (Phi) is 3.50. The van der Waals surface area contributed by atoms with Crippen LogP contribution < -0.4 is 0 Å². The minimum absolute atomic E-state index is 0. The van der Waals surface area contributed by atoms with E-state index in [0.717, 1.165) is 0 Å². The van der Waals surface area contributed by atoms with Gasteiger partial charge in [0, 0.05) is 5.92 Å². The zero-order valence-corrected chi connectivity index (χ0v) is 10.4. The Labute approximate surface area is 107 Å². The van der Waals surface area contributed by atoms with Gasteiger partial charge in [-0.15, -0.1) is 0 Å². The van der Waals surface area contributed by atoms with Gasteiger partial charge >= 0.3 is 0 Å². The maximum absolute atomic E-state index is 9.63. The van der Waals surface area contributed by atoms with E-state index in [9.17, 15) is 5.11 Å². The summed E-state index contributed by atoms with van der Waals surface area (Å²) >= 11 is 0. The summed E-state index contributed by atoms with van der Waals surface area (Å²) in [6, 6.07) is 16.9. The minimum Gasteiger partial charge on any atom is -0.412 e. The zero-order chi connectivity index (χ0) is 11.8. The van der Waals surface area contributed by atoms with Gasteiger partial charge in [-0.2, -0.15) is 0 Å². The molecule has 0 radical (unpaired) electrons. The van der Waals surface area contributed by atoms with Crippen LogP contribution in [-0.2, 0) is 0 Å². The Balaban J connectivity index is 0.00000120. The van der Waals surface area contributed by atoms with Crippen LogP contribution >= 0.6 is 0 Å². The second kappa shape index (κ2) is 4.92. The molecule has 94 valence electrons. The molecule has 2 nitrogen and oxygen atoms in total. The molecule has 3 rings (SSSR count). The molecule has 0 saturated heterocycles. The van der Waals surface area contributed by atoms with Gasteiger partial charge in [0.25, 0.3) is 0 Å². The summed E-state index contributed by atoms with van der Waals surface area (Å²) in [7, 11) is 0. The standard InChI is InChI=1S/C16H16O.H2O/c1-11-12-6-2-3-7-13(12)14-8-4-5-9-15(14)16(11)10-17;/h2-9,11,16-17H,10H2,1H3;1H2. The summed E-state index contributed by atoms with van der Waals surface area (Å²) in [6.45, 7) is 2.42. The summed E-state index contributed by atoms with van der Waals surface area (Å²) in [5, 5.41) is 9.63. The number of hydrogen-bond acceptors (Lipinski definition) is 1. The summed E-state index contributed by atoms with van der Waals surface area (Å²) in [5.74, 6) is 0.604. The second-order valence-corrected chi connectivity index (χ2v) is 4.75. The molecule has 0 amide bonds. The fourth-order valence-electron chi connectivity index (χ4n) is 2.95. The van der Waals surface area contributed by atoms with Crippen molar-refractivity contribution in [2.24, 2.45) is 0 Å². The van der Waals surface area contributed by atoms with Gasteiger partial charge in [-0.3, -0.25) is 0 Å². The third-order valence-electron chi connectivity index (χ3n) is 3.90. The van der Waals surface area contributed by atoms with Crippen LogP contribution in [0.25, 0.3) is 11.1 Å². The molecule has 2 unspecified atom stereocenters. The van der Waals surface area contributed by atoms with Gasteiger partial charge in [-0.25, -0.2) is 0 Å². The van der Waals surface area contributed by atoms with Crippen LogP contribution in [0.3, 0.4) is 0 Å². The molecule has 0 fully saturated rings. The van der Waals surface area contributed by atoms with E-state index in [1.165, 1.54) is 22.3 Å². The van der Waals surface area contributed by atoms with Crippen molar-refractivity contribution in [3.05, 3.63) is 59.7 Å². The van der Waals surface area contributed by atoms with Crippen LogP contribution in [0.2, 0.25) is 0 Å². The number of hydrogen-bond donors (Lipinski definition) is 1. The van der Waals surface area contributed by atoms with Crippen LogP contribution in [0.4, 0.5) is 0 Å². The molecule has 18 heavy (non-hydrogen) atoms. The maximum Gasteiger partial charge on any atom is 0.0505 e. The largest absolute Gasteiger partial charge is 0.412 e. The van der Waals surface area contributed by atoms with E-state index in [1.807, 2.05) is 0 Å². The quantitative estimate of drug-likeness (QED) is 0.821. The first-order chi connectivity index (χ1) is 8.33. The molecule has 2 aromatic carbocycles. The van der Waals surface area contributed by atoms with E-state index >= 15 is 0 Å². The Hall–Kier alpha value is -1.64. The molecule has 2 aromatic rings. The van der Waals surface area contributed by atoms with Crippen LogP contribution in [0.1, 0.15) is 29.9 Å². The monoisotopic (exact) mass is 242 g/mol. The van der Waals surface area contributed by atoms with Crippen molar-refractivity contribution in [2.45, 2.75) is 18.8 Å². The first-order valence-corrected chi connectivity index (χ1v) is 6.12. The minimum atomic E-state index is 0. The Morgan fingerprint density at radius 2 is 1.39 bits per heavy atom. The lowest BCUT2D eigenvalue weighted by Gasteiger charge is -2.32. The van der Waals surface area contributed by atoms with Gasteiger partial charge in [0.15, 0.2) is 0 Å². The van der Waals surface area contributed by atoms with E-state index in [0.29, 0.717) is 5.92 Å². The SMILES string of the molecule is CC1c2ccccc2-c2ccccc2C1CO.O. The van der Waals surface area contributed by atoms with Crippen LogP contribution in [0.15, 0.2) is 48.5 Å². The number of aliphatic hydroxyl groups is 1. The van der Waals surface area contributed by atoms with Gasteiger partial charge in [0.1, 0.15) is 0 Å². The van der Waals surface area contributed by atoms with Crippen molar-refractivity contribution >= 4 is 0 Å². The fraction of sp³-hybridized carbons (Fsp3) is 0.250. The van der Waals surface area contributed by atoms with Crippen molar-refractivity contribution in [1.29, 1.82) is 0 Å². The molecular weight excluding hydrogens is 224 g/mol. The zero-order valence-electron chi connectivity index (χ0n) is 10.4. The highest BCUT2D eigenvalue weighted by atomic mass is 16.3. The highest BCUT2D eigenvalue weighted by molar-refractivity contribution is 5.75. The average Bonchev–Trinajstić information content (AvgIpc) is 2.40. The Morgan fingerprint density at radius 1 is 0.889 bits per heavy atom. The normalized spacial score (nSPS) is 20.6. The molecule has 0 saturated carbocycles. The van der Waals surface area contributed by atoms with E-state index in [-0.39, 0.29) is 18.0 Å². The van der Waals surface area contributed by atoms with Gasteiger partial charge in [0.05, 0.1) is 6.61 Å². The summed E-state index contributed by atoms with van der Waals surface area (Å²) < 4.78 is 0. The number of rotatable bonds is 1. The summed E-state index contributed by atoms with van der Waals surface area (Å²) in [5.41, 5.74) is 5.23. The van der Waals surface area contributed by atoms with E-state index in [4.69, 9.17) is 0 Å². The Bertz CT molecular complexity index is 548. The van der Waals surface area contributed by atoms with E-state index in [1.54, 1.807) is 0 Å².